The maximum absolute atomic E-state index is 9.06. The molecule has 1 aromatic rings. The largest absolute Gasteiger partial charge is 0.375 e. The maximum Gasteiger partial charge on any atom is 0.181 e. The molecule has 1 aliphatic rings. The molecule has 0 saturated carbocycles. The van der Waals surface area contributed by atoms with Crippen molar-refractivity contribution < 1.29 is 0 Å². The van der Waals surface area contributed by atoms with E-state index in [4.69, 9.17) is 11.0 Å². The summed E-state index contributed by atoms with van der Waals surface area (Å²) >= 11 is 1.27. The molecule has 5 heteroatoms. The van der Waals surface area contributed by atoms with Gasteiger partial charge in [-0.1, -0.05) is 30.8 Å². The third kappa shape index (κ3) is 2.89. The Balaban J connectivity index is 2.07. The summed E-state index contributed by atoms with van der Waals surface area (Å²) < 4.78 is 0. The van der Waals surface area contributed by atoms with Crippen molar-refractivity contribution in [2.24, 2.45) is 0 Å². The average molecular weight is 262 g/mol. The predicted octanol–water partition coefficient (Wildman–Crippen LogP) is 2.49. The average Bonchev–Trinajstić information content (AvgIpc) is 2.78. The minimum absolute atomic E-state index is 0.482. The van der Waals surface area contributed by atoms with Crippen LogP contribution >= 0.6 is 11.3 Å². The second-order valence-corrected chi connectivity index (χ2v) is 5.51. The van der Waals surface area contributed by atoms with Gasteiger partial charge in [0.2, 0.25) is 0 Å². The van der Waals surface area contributed by atoms with E-state index >= 15 is 0 Å². The normalized spacial score (nSPS) is 16.3. The van der Waals surface area contributed by atoms with Gasteiger partial charge >= 0.3 is 0 Å². The van der Waals surface area contributed by atoms with Crippen LogP contribution in [0.1, 0.15) is 36.8 Å². The van der Waals surface area contributed by atoms with Crippen LogP contribution in [0.2, 0.25) is 0 Å². The molecule has 0 atom stereocenters. The second-order valence-electron chi connectivity index (χ2n) is 4.48. The van der Waals surface area contributed by atoms with E-state index in [1.165, 1.54) is 29.8 Å². The van der Waals surface area contributed by atoms with E-state index in [2.05, 4.69) is 29.0 Å². The number of hydrogen-bond donors (Lipinski definition) is 1. The third-order valence-corrected chi connectivity index (χ3v) is 3.96. The summed E-state index contributed by atoms with van der Waals surface area (Å²) in [5, 5.41) is 9.54. The highest BCUT2D eigenvalue weighted by atomic mass is 32.1. The van der Waals surface area contributed by atoms with Crippen LogP contribution in [0.4, 0.5) is 5.13 Å². The van der Waals surface area contributed by atoms with Gasteiger partial charge in [0.15, 0.2) is 5.13 Å². The number of nitrogens with two attached hydrogens (primary N) is 1. The van der Waals surface area contributed by atoms with E-state index in [1.54, 1.807) is 0 Å². The quantitative estimate of drug-likeness (QED) is 0.905. The minimum Gasteiger partial charge on any atom is -0.375 e. The highest BCUT2D eigenvalue weighted by Crippen LogP contribution is 2.29. The second kappa shape index (κ2) is 5.98. The van der Waals surface area contributed by atoms with E-state index in [0.717, 1.165) is 31.7 Å². The smallest absolute Gasteiger partial charge is 0.181 e. The number of hydrogen-bond acceptors (Lipinski definition) is 5. The molecule has 0 bridgehead atoms. The lowest BCUT2D eigenvalue weighted by Gasteiger charge is -2.25. The summed E-state index contributed by atoms with van der Waals surface area (Å²) in [6.07, 6.45) is 5.63. The molecule has 4 nitrogen and oxygen atoms in total. The first-order chi connectivity index (χ1) is 8.74. The topological polar surface area (TPSA) is 65.9 Å². The molecule has 0 amide bonds. The molecule has 2 rings (SSSR count). The number of rotatable bonds is 4. The molecule has 18 heavy (non-hydrogen) atoms. The molecule has 0 fully saturated rings. The highest BCUT2D eigenvalue weighted by molar-refractivity contribution is 7.16. The summed E-state index contributed by atoms with van der Waals surface area (Å²) in [4.78, 5) is 7.36. The Morgan fingerprint density at radius 2 is 2.44 bits per heavy atom. The molecule has 96 valence electrons. The van der Waals surface area contributed by atoms with Crippen molar-refractivity contribution >= 4 is 22.0 Å². The fourth-order valence-electron chi connectivity index (χ4n) is 2.14. The Kier molecular flexibility index (Phi) is 4.34. The third-order valence-electron chi connectivity index (χ3n) is 3.17. The van der Waals surface area contributed by atoms with Crippen LogP contribution in [0.3, 0.4) is 0 Å². The zero-order valence-electron chi connectivity index (χ0n) is 10.6. The van der Waals surface area contributed by atoms with Crippen LogP contribution in [0.5, 0.6) is 0 Å². The van der Waals surface area contributed by atoms with E-state index in [1.807, 2.05) is 0 Å². The van der Waals surface area contributed by atoms with Gasteiger partial charge in [-0.3, -0.25) is 4.90 Å². The number of unbranched alkanes of at least 4 members (excludes halogenated alkanes) is 1. The predicted molar refractivity (Wildman–Crippen MR) is 75.2 cm³/mol. The van der Waals surface area contributed by atoms with Gasteiger partial charge < -0.3 is 5.73 Å². The zero-order chi connectivity index (χ0) is 13.0. The van der Waals surface area contributed by atoms with E-state index in [0.29, 0.717) is 10.0 Å². The van der Waals surface area contributed by atoms with Crippen LogP contribution in [0, 0.1) is 11.3 Å². The molecule has 0 aliphatic carbocycles. The van der Waals surface area contributed by atoms with E-state index in [9.17, 15) is 0 Å². The van der Waals surface area contributed by atoms with Gasteiger partial charge in [-0.05, 0) is 25.0 Å². The van der Waals surface area contributed by atoms with Crippen LogP contribution in [-0.2, 0) is 0 Å². The number of nitrogens with zero attached hydrogens (tertiary/aromatic N) is 3. The number of aromatic nitrogens is 1. The summed E-state index contributed by atoms with van der Waals surface area (Å²) in [5.41, 5.74) is 7.65. The Hall–Kier alpha value is -1.38. The van der Waals surface area contributed by atoms with Crippen molar-refractivity contribution in [3.05, 3.63) is 16.6 Å². The molecule has 0 aromatic carbocycles. The molecule has 1 aromatic heterocycles. The minimum atomic E-state index is 0.482. The maximum atomic E-state index is 9.06. The van der Waals surface area contributed by atoms with Gasteiger partial charge in [0.25, 0.3) is 0 Å². The van der Waals surface area contributed by atoms with Crippen LogP contribution < -0.4 is 5.73 Å². The first-order valence-corrected chi connectivity index (χ1v) is 7.14. The van der Waals surface area contributed by atoms with Gasteiger partial charge in [-0.15, -0.1) is 0 Å². The molecule has 0 saturated heterocycles. The Morgan fingerprint density at radius 3 is 3.06 bits per heavy atom. The standard InChI is InChI=1S/C13H18N4S/c1-2-3-6-17-7-4-10(5-8-17)12-11(9-14)18-13(15)16-12/h4H,2-3,5-8H2,1H3,(H2,15,16). The number of nitrogen functional groups attached to an aromatic ring is 1. The summed E-state index contributed by atoms with van der Waals surface area (Å²) in [6.45, 7) is 5.37. The van der Waals surface area contributed by atoms with Crippen LogP contribution in [0.25, 0.3) is 5.57 Å². The van der Waals surface area contributed by atoms with Gasteiger partial charge in [-0.25, -0.2) is 4.98 Å². The monoisotopic (exact) mass is 262 g/mol. The van der Waals surface area contributed by atoms with Gasteiger partial charge in [0, 0.05) is 13.1 Å². The molecule has 0 unspecified atom stereocenters. The fourth-order valence-corrected chi connectivity index (χ4v) is 2.81. The SMILES string of the molecule is CCCCN1CC=C(c2nc(N)sc2C#N)CC1. The lowest BCUT2D eigenvalue weighted by atomic mass is 10.0. The molecule has 2 N–H and O–H groups in total. The van der Waals surface area contributed by atoms with Crippen molar-refractivity contribution in [2.45, 2.75) is 26.2 Å². The Bertz CT molecular complexity index is 484. The van der Waals surface area contributed by atoms with Gasteiger partial charge in [0.05, 0.1) is 5.69 Å². The lowest BCUT2D eigenvalue weighted by Crippen LogP contribution is -2.29. The molecule has 2 heterocycles. The van der Waals surface area contributed by atoms with Crippen molar-refractivity contribution in [3.8, 4) is 6.07 Å². The van der Waals surface area contributed by atoms with Crippen LogP contribution in [0.15, 0.2) is 6.08 Å². The first kappa shape index (κ1) is 13.1. The van der Waals surface area contributed by atoms with E-state index < -0.39 is 0 Å². The Labute approximate surface area is 112 Å². The van der Waals surface area contributed by atoms with E-state index in [-0.39, 0.29) is 0 Å². The van der Waals surface area contributed by atoms with Crippen LogP contribution in [-0.4, -0.2) is 29.5 Å². The Morgan fingerprint density at radius 1 is 1.61 bits per heavy atom. The number of thiazole rings is 1. The molecule has 0 radical (unpaired) electrons. The van der Waals surface area contributed by atoms with Gasteiger partial charge in [0.1, 0.15) is 10.9 Å². The lowest BCUT2D eigenvalue weighted by molar-refractivity contribution is 0.297. The van der Waals surface area contributed by atoms with Gasteiger partial charge in [-0.2, -0.15) is 5.26 Å². The van der Waals surface area contributed by atoms with Crippen molar-refractivity contribution in [1.82, 2.24) is 9.88 Å². The summed E-state index contributed by atoms with van der Waals surface area (Å²) in [5.74, 6) is 0. The highest BCUT2D eigenvalue weighted by Gasteiger charge is 2.18. The number of nitriles is 1. The summed E-state index contributed by atoms with van der Waals surface area (Å²) in [6, 6.07) is 2.18. The summed E-state index contributed by atoms with van der Waals surface area (Å²) in [7, 11) is 0. The molecular formula is C13H18N4S. The number of anilines is 1. The first-order valence-electron chi connectivity index (χ1n) is 6.32. The molecule has 0 spiro atoms. The zero-order valence-corrected chi connectivity index (χ0v) is 11.5. The molecular weight excluding hydrogens is 244 g/mol. The molecule has 1 aliphatic heterocycles. The fraction of sp³-hybridized carbons (Fsp3) is 0.538. The van der Waals surface area contributed by atoms with Crippen molar-refractivity contribution in [1.29, 1.82) is 5.26 Å². The van der Waals surface area contributed by atoms with Crippen molar-refractivity contribution in [2.75, 3.05) is 25.4 Å². The van der Waals surface area contributed by atoms with Crippen molar-refractivity contribution in [3.63, 3.8) is 0 Å².